The van der Waals surface area contributed by atoms with Crippen LogP contribution in [0.4, 0.5) is 18.9 Å². The molecule has 0 saturated carbocycles. The van der Waals surface area contributed by atoms with Gasteiger partial charge in [0, 0.05) is 31.9 Å². The van der Waals surface area contributed by atoms with E-state index >= 15 is 0 Å². The monoisotopic (exact) mass is 302 g/mol. The summed E-state index contributed by atoms with van der Waals surface area (Å²) >= 11 is 0. The van der Waals surface area contributed by atoms with Crippen molar-refractivity contribution < 1.29 is 18.0 Å². The highest BCUT2D eigenvalue weighted by molar-refractivity contribution is 5.99. The Kier molecular flexibility index (Phi) is 4.38. The van der Waals surface area contributed by atoms with Crippen molar-refractivity contribution in [1.82, 2.24) is 15.3 Å². The Hall–Kier alpha value is -1.80. The van der Waals surface area contributed by atoms with Gasteiger partial charge in [-0.05, 0) is 25.2 Å². The molecule has 116 valence electrons. The van der Waals surface area contributed by atoms with Crippen molar-refractivity contribution in [1.29, 1.82) is 0 Å². The molecule has 0 aliphatic carbocycles. The van der Waals surface area contributed by atoms with Gasteiger partial charge in [-0.3, -0.25) is 10.2 Å². The number of carbonyl (C=O) groups is 1. The van der Waals surface area contributed by atoms with Gasteiger partial charge in [-0.2, -0.15) is 13.2 Å². The van der Waals surface area contributed by atoms with E-state index in [4.69, 9.17) is 5.73 Å². The molecular formula is C13H17F3N4O. The minimum atomic E-state index is -4.50. The second-order valence-corrected chi connectivity index (χ2v) is 5.03. The standard InChI is InChI=1S/C13H17F3N4O/c1-19-4-6-20(7-5-19)18-12(21)10-8-9(13(14,15)16)2-3-11(10)17/h2-3,8H,4-7,17H2,1H3,(H,18,21). The van der Waals surface area contributed by atoms with Gasteiger partial charge in [0.1, 0.15) is 0 Å². The van der Waals surface area contributed by atoms with Gasteiger partial charge in [0.05, 0.1) is 11.1 Å². The molecule has 1 aromatic carbocycles. The molecule has 1 aliphatic heterocycles. The van der Waals surface area contributed by atoms with Crippen LogP contribution in [0.5, 0.6) is 0 Å². The zero-order valence-corrected chi connectivity index (χ0v) is 11.6. The number of nitrogen functional groups attached to an aromatic ring is 1. The fourth-order valence-corrected chi connectivity index (χ4v) is 2.05. The molecule has 0 atom stereocenters. The van der Waals surface area contributed by atoms with Crippen LogP contribution in [-0.4, -0.2) is 49.0 Å². The lowest BCUT2D eigenvalue weighted by molar-refractivity contribution is -0.137. The van der Waals surface area contributed by atoms with Crippen molar-refractivity contribution in [3.05, 3.63) is 29.3 Å². The van der Waals surface area contributed by atoms with E-state index in [1.54, 1.807) is 5.01 Å². The number of nitrogens with two attached hydrogens (primary N) is 1. The predicted octanol–water partition coefficient (Wildman–Crippen LogP) is 1.18. The fraction of sp³-hybridized carbons (Fsp3) is 0.462. The predicted molar refractivity (Wildman–Crippen MR) is 72.4 cm³/mol. The number of hydrazine groups is 1. The first kappa shape index (κ1) is 15.6. The van der Waals surface area contributed by atoms with Crippen LogP contribution in [0.25, 0.3) is 0 Å². The Labute approximate surface area is 120 Å². The van der Waals surface area contributed by atoms with Crippen LogP contribution < -0.4 is 11.2 Å². The summed E-state index contributed by atoms with van der Waals surface area (Å²) in [6.07, 6.45) is -4.50. The molecule has 3 N–H and O–H groups in total. The molecular weight excluding hydrogens is 285 g/mol. The van der Waals surface area contributed by atoms with Gasteiger partial charge in [-0.1, -0.05) is 0 Å². The normalized spacial score (nSPS) is 17.7. The van der Waals surface area contributed by atoms with E-state index in [2.05, 4.69) is 10.3 Å². The first-order valence-corrected chi connectivity index (χ1v) is 6.48. The number of piperazine rings is 1. The van der Waals surface area contributed by atoms with Gasteiger partial charge in [0.25, 0.3) is 5.91 Å². The summed E-state index contributed by atoms with van der Waals surface area (Å²) in [6.45, 7) is 2.78. The summed E-state index contributed by atoms with van der Waals surface area (Å²) in [7, 11) is 1.96. The molecule has 0 spiro atoms. The van der Waals surface area contributed by atoms with E-state index in [9.17, 15) is 18.0 Å². The summed E-state index contributed by atoms with van der Waals surface area (Å²) in [6, 6.07) is 2.74. The van der Waals surface area contributed by atoms with E-state index < -0.39 is 17.6 Å². The van der Waals surface area contributed by atoms with E-state index in [1.165, 1.54) is 0 Å². The Morgan fingerprint density at radius 3 is 2.43 bits per heavy atom. The van der Waals surface area contributed by atoms with Crippen LogP contribution in [-0.2, 0) is 6.18 Å². The minimum Gasteiger partial charge on any atom is -0.398 e. The maximum Gasteiger partial charge on any atom is 0.416 e. The molecule has 0 radical (unpaired) electrons. The molecule has 21 heavy (non-hydrogen) atoms. The molecule has 1 heterocycles. The van der Waals surface area contributed by atoms with Crippen molar-refractivity contribution in [2.24, 2.45) is 0 Å². The van der Waals surface area contributed by atoms with Gasteiger partial charge in [-0.15, -0.1) is 0 Å². The molecule has 0 unspecified atom stereocenters. The number of nitrogens with one attached hydrogen (secondary N) is 1. The Morgan fingerprint density at radius 2 is 1.86 bits per heavy atom. The van der Waals surface area contributed by atoms with Crippen LogP contribution >= 0.6 is 0 Å². The van der Waals surface area contributed by atoms with Crippen molar-refractivity contribution in [3.63, 3.8) is 0 Å². The number of nitrogens with zero attached hydrogens (tertiary/aromatic N) is 2. The summed E-state index contributed by atoms with van der Waals surface area (Å²) in [5.41, 5.74) is 7.17. The topological polar surface area (TPSA) is 61.6 Å². The highest BCUT2D eigenvalue weighted by Gasteiger charge is 2.31. The lowest BCUT2D eigenvalue weighted by Crippen LogP contribution is -2.52. The summed E-state index contributed by atoms with van der Waals surface area (Å²) in [5.74, 6) is -0.622. The Morgan fingerprint density at radius 1 is 1.24 bits per heavy atom. The molecule has 1 aliphatic rings. The summed E-state index contributed by atoms with van der Waals surface area (Å²) in [5, 5.41) is 1.68. The zero-order chi connectivity index (χ0) is 15.6. The molecule has 0 aromatic heterocycles. The van der Waals surface area contributed by atoms with Gasteiger partial charge < -0.3 is 10.6 Å². The SMILES string of the molecule is CN1CCN(NC(=O)c2cc(C(F)(F)F)ccc2N)CC1. The number of likely N-dealkylation sites (N-methyl/N-ethyl adjacent to an activating group) is 1. The maximum atomic E-state index is 12.7. The quantitative estimate of drug-likeness (QED) is 0.805. The van der Waals surface area contributed by atoms with Crippen molar-refractivity contribution in [3.8, 4) is 0 Å². The van der Waals surface area contributed by atoms with E-state index in [0.29, 0.717) is 13.1 Å². The molecule has 0 bridgehead atoms. The number of hydrogen-bond donors (Lipinski definition) is 2. The Bertz CT molecular complexity index is 525. The number of alkyl halides is 3. The van der Waals surface area contributed by atoms with Crippen molar-refractivity contribution >= 4 is 11.6 Å². The van der Waals surface area contributed by atoms with Gasteiger partial charge in [0.15, 0.2) is 0 Å². The van der Waals surface area contributed by atoms with Gasteiger partial charge in [-0.25, -0.2) is 5.01 Å². The molecule has 1 aromatic rings. The van der Waals surface area contributed by atoms with Crippen LogP contribution in [0.3, 0.4) is 0 Å². The number of amides is 1. The van der Waals surface area contributed by atoms with Gasteiger partial charge >= 0.3 is 6.18 Å². The summed E-state index contributed by atoms with van der Waals surface area (Å²) in [4.78, 5) is 14.2. The lowest BCUT2D eigenvalue weighted by Gasteiger charge is -2.32. The zero-order valence-electron chi connectivity index (χ0n) is 11.6. The number of benzene rings is 1. The van der Waals surface area contributed by atoms with Crippen molar-refractivity contribution in [2.75, 3.05) is 39.0 Å². The van der Waals surface area contributed by atoms with Crippen LogP contribution in [0.1, 0.15) is 15.9 Å². The molecule has 1 saturated heterocycles. The third-order valence-corrected chi connectivity index (χ3v) is 3.39. The number of anilines is 1. The van der Waals surface area contributed by atoms with E-state index in [0.717, 1.165) is 31.3 Å². The fourth-order valence-electron chi connectivity index (χ4n) is 2.05. The number of hydrogen-bond acceptors (Lipinski definition) is 4. The minimum absolute atomic E-state index is 0.0228. The van der Waals surface area contributed by atoms with E-state index in [1.807, 2.05) is 7.05 Å². The molecule has 1 amide bonds. The maximum absolute atomic E-state index is 12.7. The van der Waals surface area contributed by atoms with E-state index in [-0.39, 0.29) is 11.3 Å². The first-order chi connectivity index (χ1) is 9.77. The van der Waals surface area contributed by atoms with Crippen LogP contribution in [0.15, 0.2) is 18.2 Å². The average molecular weight is 302 g/mol. The average Bonchev–Trinajstić information content (AvgIpc) is 2.40. The third kappa shape index (κ3) is 3.85. The molecule has 2 rings (SSSR count). The largest absolute Gasteiger partial charge is 0.416 e. The second-order valence-electron chi connectivity index (χ2n) is 5.03. The Balaban J connectivity index is 2.11. The van der Waals surface area contributed by atoms with Crippen LogP contribution in [0.2, 0.25) is 0 Å². The highest BCUT2D eigenvalue weighted by Crippen LogP contribution is 2.31. The molecule has 8 heteroatoms. The number of rotatable bonds is 2. The number of carbonyl (C=O) groups excluding carboxylic acids is 1. The molecule has 5 nitrogen and oxygen atoms in total. The molecule has 1 fully saturated rings. The third-order valence-electron chi connectivity index (χ3n) is 3.39. The first-order valence-electron chi connectivity index (χ1n) is 6.48. The smallest absolute Gasteiger partial charge is 0.398 e. The second kappa shape index (κ2) is 5.90. The van der Waals surface area contributed by atoms with Gasteiger partial charge in [0.2, 0.25) is 0 Å². The van der Waals surface area contributed by atoms with Crippen LogP contribution in [0, 0.1) is 0 Å². The summed E-state index contributed by atoms with van der Waals surface area (Å²) < 4.78 is 38.0. The number of halogens is 3. The lowest BCUT2D eigenvalue weighted by atomic mass is 10.1. The highest BCUT2D eigenvalue weighted by atomic mass is 19.4. The van der Waals surface area contributed by atoms with Crippen molar-refractivity contribution in [2.45, 2.75) is 6.18 Å².